The molecule has 0 saturated carbocycles. The number of halogens is 2. The van der Waals surface area contributed by atoms with E-state index in [1.807, 2.05) is 20.8 Å². The van der Waals surface area contributed by atoms with Crippen LogP contribution in [0.1, 0.15) is 37.6 Å². The van der Waals surface area contributed by atoms with Crippen LogP contribution in [0.5, 0.6) is 0 Å². The molecule has 1 aromatic rings. The van der Waals surface area contributed by atoms with E-state index in [0.29, 0.717) is 15.6 Å². The maximum Gasteiger partial charge on any atom is 0.165 e. The molecule has 17 heavy (non-hydrogen) atoms. The van der Waals surface area contributed by atoms with E-state index in [1.165, 1.54) is 0 Å². The van der Waals surface area contributed by atoms with Gasteiger partial charge in [-0.1, -0.05) is 50.0 Å². The molecule has 0 spiro atoms. The fourth-order valence-corrected chi connectivity index (χ4v) is 1.74. The van der Waals surface area contributed by atoms with E-state index in [4.69, 9.17) is 28.9 Å². The zero-order valence-electron chi connectivity index (χ0n) is 10.3. The van der Waals surface area contributed by atoms with E-state index < -0.39 is 0 Å². The molecule has 0 saturated heterocycles. The van der Waals surface area contributed by atoms with Gasteiger partial charge in [0.1, 0.15) is 0 Å². The number of carbonyl (C=O) groups is 1. The minimum Gasteiger partial charge on any atom is -0.327 e. The van der Waals surface area contributed by atoms with Crippen molar-refractivity contribution in [3.8, 4) is 0 Å². The molecular weight excluding hydrogens is 257 g/mol. The molecule has 1 rings (SSSR count). The van der Waals surface area contributed by atoms with Gasteiger partial charge >= 0.3 is 0 Å². The highest BCUT2D eigenvalue weighted by atomic mass is 35.5. The normalized spacial score (nSPS) is 13.5. The van der Waals surface area contributed by atoms with E-state index in [0.717, 1.165) is 0 Å². The lowest BCUT2D eigenvalue weighted by molar-refractivity contribution is 0.0953. The van der Waals surface area contributed by atoms with Crippen LogP contribution in [0.4, 0.5) is 0 Å². The summed E-state index contributed by atoms with van der Waals surface area (Å²) in [6, 6.07) is 4.84. The summed E-state index contributed by atoms with van der Waals surface area (Å²) < 4.78 is 0. The number of rotatable bonds is 3. The molecule has 0 bridgehead atoms. The van der Waals surface area contributed by atoms with Gasteiger partial charge in [-0.15, -0.1) is 0 Å². The van der Waals surface area contributed by atoms with Crippen LogP contribution < -0.4 is 5.73 Å². The molecule has 0 fully saturated rings. The molecule has 0 heterocycles. The van der Waals surface area contributed by atoms with Crippen LogP contribution in [-0.4, -0.2) is 11.8 Å². The Balaban J connectivity index is 2.88. The molecule has 4 heteroatoms. The average molecular weight is 274 g/mol. The molecular formula is C13H17Cl2NO. The van der Waals surface area contributed by atoms with Gasteiger partial charge in [0.2, 0.25) is 0 Å². The first kappa shape index (κ1) is 14.5. The minimum atomic E-state index is -0.204. The largest absolute Gasteiger partial charge is 0.327 e. The van der Waals surface area contributed by atoms with Crippen LogP contribution in [0.15, 0.2) is 18.2 Å². The Morgan fingerprint density at radius 1 is 1.35 bits per heavy atom. The lowest BCUT2D eigenvalue weighted by Gasteiger charge is -2.26. The number of ketones is 1. The predicted octanol–water partition coefficient (Wildman–Crippen LogP) is 3.94. The molecule has 0 aliphatic carbocycles. The lowest BCUT2D eigenvalue weighted by Crippen LogP contribution is -2.37. The van der Waals surface area contributed by atoms with Crippen LogP contribution in [0, 0.1) is 5.41 Å². The maximum absolute atomic E-state index is 12.1. The standard InChI is InChI=1S/C13H17Cl2NO/c1-13(2,3)11(16)7-10(17)8-5-4-6-9(14)12(8)15/h4-6,11H,7,16H2,1-3H3. The molecule has 2 N–H and O–H groups in total. The summed E-state index contributed by atoms with van der Waals surface area (Å²) >= 11 is 11.9. The third-order valence-electron chi connectivity index (χ3n) is 2.77. The Labute approximate surface area is 112 Å². The summed E-state index contributed by atoms with van der Waals surface area (Å²) in [7, 11) is 0. The van der Waals surface area contributed by atoms with Crippen LogP contribution >= 0.6 is 23.2 Å². The van der Waals surface area contributed by atoms with Crippen molar-refractivity contribution in [1.29, 1.82) is 0 Å². The van der Waals surface area contributed by atoms with Crippen LogP contribution in [-0.2, 0) is 0 Å². The van der Waals surface area contributed by atoms with Crippen molar-refractivity contribution >= 4 is 29.0 Å². The lowest BCUT2D eigenvalue weighted by atomic mass is 9.83. The molecule has 0 amide bonds. The van der Waals surface area contributed by atoms with Gasteiger partial charge in [0.15, 0.2) is 5.78 Å². The van der Waals surface area contributed by atoms with Gasteiger partial charge in [0, 0.05) is 18.0 Å². The summed E-state index contributed by atoms with van der Waals surface area (Å²) in [4.78, 5) is 12.1. The second kappa shape index (κ2) is 5.38. The molecule has 0 aliphatic heterocycles. The summed E-state index contributed by atoms with van der Waals surface area (Å²) in [6.07, 6.45) is 0.267. The zero-order valence-corrected chi connectivity index (χ0v) is 11.8. The van der Waals surface area contributed by atoms with Crippen molar-refractivity contribution in [2.24, 2.45) is 11.1 Å². The zero-order chi connectivity index (χ0) is 13.2. The fraction of sp³-hybridized carbons (Fsp3) is 0.462. The molecule has 0 aliphatic rings. The van der Waals surface area contributed by atoms with Gasteiger partial charge in [-0.3, -0.25) is 4.79 Å². The van der Waals surface area contributed by atoms with Gasteiger partial charge in [-0.05, 0) is 17.5 Å². The Morgan fingerprint density at radius 2 is 1.94 bits per heavy atom. The van der Waals surface area contributed by atoms with Crippen molar-refractivity contribution in [3.05, 3.63) is 33.8 Å². The van der Waals surface area contributed by atoms with E-state index in [-0.39, 0.29) is 23.7 Å². The van der Waals surface area contributed by atoms with E-state index >= 15 is 0 Å². The van der Waals surface area contributed by atoms with Gasteiger partial charge < -0.3 is 5.73 Å². The van der Waals surface area contributed by atoms with E-state index in [1.54, 1.807) is 18.2 Å². The number of nitrogens with two attached hydrogens (primary N) is 1. The Bertz CT molecular complexity index is 424. The molecule has 1 unspecified atom stereocenters. The molecule has 94 valence electrons. The molecule has 0 radical (unpaired) electrons. The number of hydrogen-bond donors (Lipinski definition) is 1. The number of carbonyl (C=O) groups excluding carboxylic acids is 1. The Morgan fingerprint density at radius 3 is 2.47 bits per heavy atom. The van der Waals surface area contributed by atoms with Crippen molar-refractivity contribution in [2.45, 2.75) is 33.2 Å². The predicted molar refractivity (Wildman–Crippen MR) is 72.8 cm³/mol. The smallest absolute Gasteiger partial charge is 0.165 e. The average Bonchev–Trinajstić information content (AvgIpc) is 2.20. The molecule has 1 aromatic carbocycles. The quantitative estimate of drug-likeness (QED) is 0.848. The van der Waals surface area contributed by atoms with Crippen LogP contribution in [0.3, 0.4) is 0 Å². The van der Waals surface area contributed by atoms with Crippen molar-refractivity contribution in [2.75, 3.05) is 0 Å². The summed E-state index contributed by atoms with van der Waals surface area (Å²) in [5.74, 6) is -0.0695. The van der Waals surface area contributed by atoms with Crippen LogP contribution in [0.2, 0.25) is 10.0 Å². The number of hydrogen-bond acceptors (Lipinski definition) is 2. The summed E-state index contributed by atoms with van der Waals surface area (Å²) in [6.45, 7) is 6.01. The highest BCUT2D eigenvalue weighted by Gasteiger charge is 2.24. The molecule has 1 atom stereocenters. The second-order valence-electron chi connectivity index (χ2n) is 5.20. The Kier molecular flexibility index (Phi) is 4.59. The van der Waals surface area contributed by atoms with Gasteiger partial charge in [0.25, 0.3) is 0 Å². The topological polar surface area (TPSA) is 43.1 Å². The SMILES string of the molecule is CC(C)(C)C(N)CC(=O)c1cccc(Cl)c1Cl. The maximum atomic E-state index is 12.1. The number of Topliss-reactive ketones (excluding diaryl/α,β-unsaturated/α-hetero) is 1. The second-order valence-corrected chi connectivity index (χ2v) is 5.99. The number of benzene rings is 1. The first-order valence-electron chi connectivity index (χ1n) is 5.46. The van der Waals surface area contributed by atoms with Gasteiger partial charge in [0.05, 0.1) is 10.0 Å². The minimum absolute atomic E-state index is 0.0695. The van der Waals surface area contributed by atoms with E-state index in [9.17, 15) is 4.79 Å². The fourth-order valence-electron chi connectivity index (χ4n) is 1.34. The highest BCUT2D eigenvalue weighted by molar-refractivity contribution is 6.43. The van der Waals surface area contributed by atoms with Crippen molar-refractivity contribution in [1.82, 2.24) is 0 Å². The highest BCUT2D eigenvalue weighted by Crippen LogP contribution is 2.28. The first-order chi connectivity index (χ1) is 7.73. The summed E-state index contributed by atoms with van der Waals surface area (Å²) in [5, 5.41) is 0.696. The van der Waals surface area contributed by atoms with Gasteiger partial charge in [-0.25, -0.2) is 0 Å². The monoisotopic (exact) mass is 273 g/mol. The van der Waals surface area contributed by atoms with Crippen LogP contribution in [0.25, 0.3) is 0 Å². The Hall–Kier alpha value is -0.570. The summed E-state index contributed by atoms with van der Waals surface area (Å²) in [5.41, 5.74) is 6.31. The van der Waals surface area contributed by atoms with Crippen molar-refractivity contribution in [3.63, 3.8) is 0 Å². The van der Waals surface area contributed by atoms with E-state index in [2.05, 4.69) is 0 Å². The first-order valence-corrected chi connectivity index (χ1v) is 6.22. The molecule has 0 aromatic heterocycles. The van der Waals surface area contributed by atoms with Crippen molar-refractivity contribution < 1.29 is 4.79 Å². The molecule has 2 nitrogen and oxygen atoms in total. The van der Waals surface area contributed by atoms with Gasteiger partial charge in [-0.2, -0.15) is 0 Å². The third-order valence-corrected chi connectivity index (χ3v) is 3.59. The third kappa shape index (κ3) is 3.70.